The van der Waals surface area contributed by atoms with Gasteiger partial charge >= 0.3 is 11.9 Å². The molecule has 0 bridgehead atoms. The van der Waals surface area contributed by atoms with Gasteiger partial charge in [-0.3, -0.25) is 0 Å². The van der Waals surface area contributed by atoms with Gasteiger partial charge in [0.25, 0.3) is 0 Å². The van der Waals surface area contributed by atoms with Gasteiger partial charge in [0.15, 0.2) is 0 Å². The molecule has 1 aliphatic heterocycles. The van der Waals surface area contributed by atoms with E-state index in [1.54, 1.807) is 0 Å². The fourth-order valence-electron chi connectivity index (χ4n) is 2.64. The van der Waals surface area contributed by atoms with E-state index >= 15 is 0 Å². The molecule has 2 aromatic rings. The maximum atomic E-state index is 14.2. The van der Waals surface area contributed by atoms with Crippen LogP contribution < -0.4 is 0 Å². The molecule has 0 unspecified atom stereocenters. The molecule has 2 heterocycles. The SMILES string of the molecule is COC(=O)c1ccc(COC(=O)c2ccc(F)c(S(=O)(=O)N3CCOCC3)c2)o1. The second-order valence-electron chi connectivity index (χ2n) is 6.00. The van der Waals surface area contributed by atoms with Crippen molar-refractivity contribution in [3.8, 4) is 0 Å². The monoisotopic (exact) mass is 427 g/mol. The Morgan fingerprint density at radius 3 is 2.55 bits per heavy atom. The normalized spacial score (nSPS) is 15.1. The van der Waals surface area contributed by atoms with Crippen LogP contribution in [0.2, 0.25) is 0 Å². The third kappa shape index (κ3) is 4.63. The summed E-state index contributed by atoms with van der Waals surface area (Å²) in [5.41, 5.74) is -0.141. The number of benzene rings is 1. The van der Waals surface area contributed by atoms with E-state index in [0.29, 0.717) is 0 Å². The van der Waals surface area contributed by atoms with E-state index in [2.05, 4.69) is 4.74 Å². The Morgan fingerprint density at radius 2 is 1.86 bits per heavy atom. The lowest BCUT2D eigenvalue weighted by Crippen LogP contribution is -2.41. The van der Waals surface area contributed by atoms with Crippen molar-refractivity contribution < 1.29 is 41.0 Å². The molecule has 0 aliphatic carbocycles. The summed E-state index contributed by atoms with van der Waals surface area (Å²) in [6.45, 7) is 0.298. The van der Waals surface area contributed by atoms with Crippen LogP contribution >= 0.6 is 0 Å². The number of hydrogen-bond donors (Lipinski definition) is 0. The largest absolute Gasteiger partial charge is 0.463 e. The molecule has 9 nitrogen and oxygen atoms in total. The number of rotatable bonds is 6. The first-order valence-corrected chi connectivity index (χ1v) is 9.98. The summed E-state index contributed by atoms with van der Waals surface area (Å²) in [6, 6.07) is 5.74. The van der Waals surface area contributed by atoms with Gasteiger partial charge in [0.2, 0.25) is 15.8 Å². The van der Waals surface area contributed by atoms with Crippen molar-refractivity contribution >= 4 is 22.0 Å². The molecule has 29 heavy (non-hydrogen) atoms. The van der Waals surface area contributed by atoms with Crippen LogP contribution in [-0.2, 0) is 30.8 Å². The van der Waals surface area contributed by atoms with E-state index in [9.17, 15) is 22.4 Å². The molecule has 1 aliphatic rings. The topological polar surface area (TPSA) is 112 Å². The van der Waals surface area contributed by atoms with Crippen LogP contribution in [0.4, 0.5) is 4.39 Å². The number of carbonyl (C=O) groups is 2. The standard InChI is InChI=1S/C18H18FNO8S/c1-25-18(22)15-5-3-13(28-15)11-27-17(21)12-2-4-14(19)16(10-12)29(23,24)20-6-8-26-9-7-20/h2-5,10H,6-9,11H2,1H3. The van der Waals surface area contributed by atoms with Crippen molar-refractivity contribution in [2.24, 2.45) is 0 Å². The van der Waals surface area contributed by atoms with Gasteiger partial charge in [0.1, 0.15) is 23.1 Å². The third-order valence-electron chi connectivity index (χ3n) is 4.15. The second kappa shape index (κ2) is 8.72. The maximum absolute atomic E-state index is 14.2. The van der Waals surface area contributed by atoms with Crippen molar-refractivity contribution in [2.75, 3.05) is 33.4 Å². The summed E-state index contributed by atoms with van der Waals surface area (Å²) < 4.78 is 60.5. The average Bonchev–Trinajstić information content (AvgIpc) is 3.21. The molecule has 0 amide bonds. The van der Waals surface area contributed by atoms with E-state index in [0.717, 1.165) is 22.5 Å². The first-order chi connectivity index (χ1) is 13.8. The van der Waals surface area contributed by atoms with Crippen LogP contribution in [0.15, 0.2) is 39.6 Å². The Labute approximate surface area is 166 Å². The van der Waals surface area contributed by atoms with Crippen LogP contribution in [0, 0.1) is 5.82 Å². The zero-order valence-electron chi connectivity index (χ0n) is 15.4. The molecule has 0 atom stereocenters. The predicted molar refractivity (Wildman–Crippen MR) is 95.1 cm³/mol. The van der Waals surface area contributed by atoms with Crippen LogP contribution in [0.3, 0.4) is 0 Å². The lowest BCUT2D eigenvalue weighted by atomic mass is 10.2. The Bertz CT molecular complexity index is 1010. The molecule has 156 valence electrons. The smallest absolute Gasteiger partial charge is 0.373 e. The van der Waals surface area contributed by atoms with Crippen LogP contribution in [0.5, 0.6) is 0 Å². The minimum atomic E-state index is -4.12. The highest BCUT2D eigenvalue weighted by Crippen LogP contribution is 2.22. The maximum Gasteiger partial charge on any atom is 0.373 e. The van der Waals surface area contributed by atoms with E-state index in [-0.39, 0.29) is 50.0 Å². The quantitative estimate of drug-likeness (QED) is 0.639. The summed E-state index contributed by atoms with van der Waals surface area (Å²) in [6.07, 6.45) is 0. The minimum absolute atomic E-state index is 0.0563. The van der Waals surface area contributed by atoms with E-state index < -0.39 is 32.7 Å². The molecular weight excluding hydrogens is 409 g/mol. The fourth-order valence-corrected chi connectivity index (χ4v) is 4.14. The summed E-state index contributed by atoms with van der Waals surface area (Å²) in [5.74, 6) is -2.40. The summed E-state index contributed by atoms with van der Waals surface area (Å²) >= 11 is 0. The molecule has 0 spiro atoms. The lowest BCUT2D eigenvalue weighted by molar-refractivity contribution is 0.0438. The highest BCUT2D eigenvalue weighted by Gasteiger charge is 2.30. The van der Waals surface area contributed by atoms with Crippen molar-refractivity contribution in [3.05, 3.63) is 53.2 Å². The molecule has 1 saturated heterocycles. The molecule has 3 rings (SSSR count). The number of furan rings is 1. The molecular formula is C18H18FNO8S. The number of methoxy groups -OCH3 is 1. The highest BCUT2D eigenvalue weighted by molar-refractivity contribution is 7.89. The van der Waals surface area contributed by atoms with E-state index in [1.807, 2.05) is 0 Å². The highest BCUT2D eigenvalue weighted by atomic mass is 32.2. The van der Waals surface area contributed by atoms with Gasteiger partial charge in [-0.2, -0.15) is 4.31 Å². The summed E-state index contributed by atoms with van der Waals surface area (Å²) in [7, 11) is -2.93. The molecule has 11 heteroatoms. The number of nitrogens with zero attached hydrogens (tertiary/aromatic N) is 1. The molecule has 1 fully saturated rings. The number of ether oxygens (including phenoxy) is 3. The van der Waals surface area contributed by atoms with Crippen molar-refractivity contribution in [3.63, 3.8) is 0 Å². The van der Waals surface area contributed by atoms with Gasteiger partial charge < -0.3 is 18.6 Å². The van der Waals surface area contributed by atoms with Gasteiger partial charge in [-0.15, -0.1) is 0 Å². The summed E-state index contributed by atoms with van der Waals surface area (Å²) in [5, 5.41) is 0. The van der Waals surface area contributed by atoms with Crippen LogP contribution in [0.25, 0.3) is 0 Å². The Kier molecular flexibility index (Phi) is 6.30. The number of esters is 2. The van der Waals surface area contributed by atoms with E-state index in [1.165, 1.54) is 19.2 Å². The number of hydrogen-bond acceptors (Lipinski definition) is 8. The Hall–Kier alpha value is -2.76. The Balaban J connectivity index is 1.74. The lowest BCUT2D eigenvalue weighted by Gasteiger charge is -2.26. The number of morpholine rings is 1. The van der Waals surface area contributed by atoms with Gasteiger partial charge in [0.05, 0.1) is 25.9 Å². The van der Waals surface area contributed by atoms with Crippen molar-refractivity contribution in [1.82, 2.24) is 4.31 Å². The van der Waals surface area contributed by atoms with Crippen LogP contribution in [-0.4, -0.2) is 58.1 Å². The zero-order chi connectivity index (χ0) is 21.0. The molecule has 1 aromatic heterocycles. The van der Waals surface area contributed by atoms with Gasteiger partial charge in [-0.1, -0.05) is 0 Å². The first-order valence-electron chi connectivity index (χ1n) is 8.54. The molecule has 0 N–H and O–H groups in total. The number of sulfonamides is 1. The molecule has 0 saturated carbocycles. The third-order valence-corrected chi connectivity index (χ3v) is 6.06. The Morgan fingerprint density at radius 1 is 1.14 bits per heavy atom. The molecule has 1 aromatic carbocycles. The predicted octanol–water partition coefficient (Wildman–Crippen LogP) is 1.58. The van der Waals surface area contributed by atoms with Gasteiger partial charge in [-0.25, -0.2) is 22.4 Å². The van der Waals surface area contributed by atoms with Crippen LogP contribution in [0.1, 0.15) is 26.7 Å². The second-order valence-corrected chi connectivity index (χ2v) is 7.90. The van der Waals surface area contributed by atoms with E-state index in [4.69, 9.17) is 13.9 Å². The van der Waals surface area contributed by atoms with Gasteiger partial charge in [0, 0.05) is 13.1 Å². The summed E-state index contributed by atoms with van der Waals surface area (Å²) in [4.78, 5) is 23.0. The fraction of sp³-hybridized carbons (Fsp3) is 0.333. The molecule has 0 radical (unpaired) electrons. The minimum Gasteiger partial charge on any atom is -0.463 e. The zero-order valence-corrected chi connectivity index (χ0v) is 16.2. The van der Waals surface area contributed by atoms with Crippen molar-refractivity contribution in [1.29, 1.82) is 0 Å². The number of halogens is 1. The first kappa shape index (κ1) is 21.0. The number of carbonyl (C=O) groups excluding carboxylic acids is 2. The van der Waals surface area contributed by atoms with Gasteiger partial charge in [-0.05, 0) is 30.3 Å². The average molecular weight is 427 g/mol. The van der Waals surface area contributed by atoms with Crippen molar-refractivity contribution in [2.45, 2.75) is 11.5 Å².